The number of benzene rings is 1. The van der Waals surface area contributed by atoms with E-state index >= 15 is 0 Å². The molecule has 0 aliphatic carbocycles. The molecular formula is C10H12BrNO6S2. The normalized spacial score (nSPS) is 12.3. The number of nitrogens with one attached hydrogen (secondary N) is 1. The first kappa shape index (κ1) is 17.1. The Balaban J connectivity index is 2.99. The van der Waals surface area contributed by atoms with Crippen LogP contribution in [0.1, 0.15) is 10.4 Å². The van der Waals surface area contributed by atoms with E-state index in [1.54, 1.807) is 0 Å². The fourth-order valence-corrected chi connectivity index (χ4v) is 3.36. The summed E-state index contributed by atoms with van der Waals surface area (Å²) in [6.45, 7) is -0.278. The van der Waals surface area contributed by atoms with E-state index in [0.29, 0.717) is 0 Å². The minimum absolute atomic E-state index is 0.198. The maximum absolute atomic E-state index is 11.9. The smallest absolute Gasteiger partial charge is 0.336 e. The first-order valence-electron chi connectivity index (χ1n) is 5.23. The molecule has 0 aromatic heterocycles. The number of carboxylic acid groups (broad SMARTS) is 1. The van der Waals surface area contributed by atoms with Gasteiger partial charge in [0.15, 0.2) is 0 Å². The summed E-state index contributed by atoms with van der Waals surface area (Å²) in [4.78, 5) is 10.7. The van der Waals surface area contributed by atoms with Gasteiger partial charge in [-0.3, -0.25) is 0 Å². The third-order valence-electron chi connectivity index (χ3n) is 2.24. The molecule has 0 saturated heterocycles. The number of rotatable bonds is 6. The molecule has 0 aliphatic rings. The first-order chi connectivity index (χ1) is 9.03. The molecule has 1 aromatic carbocycles. The minimum atomic E-state index is -3.95. The average Bonchev–Trinajstić information content (AvgIpc) is 2.26. The van der Waals surface area contributed by atoms with Crippen molar-refractivity contribution in [2.75, 3.05) is 18.6 Å². The molecular weight excluding hydrogens is 374 g/mol. The standard InChI is InChI=1S/C10H12BrNO6S2/c1-19(15,16)5-4-12-20(17,18)7-2-3-9(11)8(6-7)10(13)14/h2-3,6,12H,4-5H2,1H3,(H,13,14). The van der Waals surface area contributed by atoms with Crippen LogP contribution < -0.4 is 4.72 Å². The van der Waals surface area contributed by atoms with Crippen molar-refractivity contribution in [3.63, 3.8) is 0 Å². The molecule has 1 aromatic rings. The van der Waals surface area contributed by atoms with E-state index in [0.717, 1.165) is 12.3 Å². The van der Waals surface area contributed by atoms with Crippen LogP contribution in [0.3, 0.4) is 0 Å². The van der Waals surface area contributed by atoms with Crippen molar-refractivity contribution in [2.24, 2.45) is 0 Å². The van der Waals surface area contributed by atoms with Crippen molar-refractivity contribution in [3.05, 3.63) is 28.2 Å². The third-order valence-corrected chi connectivity index (χ3v) is 5.34. The zero-order valence-corrected chi connectivity index (χ0v) is 13.5. The number of hydrogen-bond acceptors (Lipinski definition) is 5. The number of carboxylic acids is 1. The van der Waals surface area contributed by atoms with Gasteiger partial charge in [-0.1, -0.05) is 0 Å². The van der Waals surface area contributed by atoms with Crippen molar-refractivity contribution < 1.29 is 26.7 Å². The van der Waals surface area contributed by atoms with E-state index in [1.807, 2.05) is 0 Å². The molecule has 112 valence electrons. The lowest BCUT2D eigenvalue weighted by molar-refractivity contribution is 0.0695. The van der Waals surface area contributed by atoms with Gasteiger partial charge in [0.05, 0.1) is 16.2 Å². The summed E-state index contributed by atoms with van der Waals surface area (Å²) in [5.41, 5.74) is -0.198. The Hall–Kier alpha value is -0.970. The highest BCUT2D eigenvalue weighted by Gasteiger charge is 2.18. The summed E-state index contributed by atoms with van der Waals surface area (Å²) < 4.78 is 48.0. The Morgan fingerprint density at radius 2 is 1.90 bits per heavy atom. The highest BCUT2D eigenvalue weighted by atomic mass is 79.9. The van der Waals surface area contributed by atoms with Crippen molar-refractivity contribution in [1.29, 1.82) is 0 Å². The van der Waals surface area contributed by atoms with Crippen molar-refractivity contribution in [1.82, 2.24) is 4.72 Å². The van der Waals surface area contributed by atoms with Crippen LogP contribution in [0.25, 0.3) is 0 Å². The van der Waals surface area contributed by atoms with Gasteiger partial charge < -0.3 is 5.11 Å². The fourth-order valence-electron chi connectivity index (χ4n) is 1.28. The molecule has 0 fully saturated rings. The lowest BCUT2D eigenvalue weighted by Crippen LogP contribution is -2.29. The van der Waals surface area contributed by atoms with Crippen LogP contribution in [-0.2, 0) is 19.9 Å². The van der Waals surface area contributed by atoms with Gasteiger partial charge in [0, 0.05) is 17.3 Å². The zero-order valence-electron chi connectivity index (χ0n) is 10.3. The number of aromatic carboxylic acids is 1. The van der Waals surface area contributed by atoms with E-state index in [4.69, 9.17) is 5.11 Å². The van der Waals surface area contributed by atoms with Crippen LogP contribution >= 0.6 is 15.9 Å². The lowest BCUT2D eigenvalue weighted by atomic mass is 10.2. The zero-order chi connectivity index (χ0) is 15.6. The molecule has 0 aliphatic heterocycles. The van der Waals surface area contributed by atoms with E-state index in [1.165, 1.54) is 12.1 Å². The first-order valence-corrected chi connectivity index (χ1v) is 9.57. The van der Waals surface area contributed by atoms with Crippen molar-refractivity contribution in [3.8, 4) is 0 Å². The predicted molar refractivity (Wildman–Crippen MR) is 76.0 cm³/mol. The molecule has 0 unspecified atom stereocenters. The Labute approximate surface area is 125 Å². The van der Waals surface area contributed by atoms with Gasteiger partial charge >= 0.3 is 5.97 Å². The van der Waals surface area contributed by atoms with Gasteiger partial charge in [-0.25, -0.2) is 26.4 Å². The monoisotopic (exact) mass is 385 g/mol. The Morgan fingerprint density at radius 1 is 1.30 bits per heavy atom. The number of halogens is 1. The fraction of sp³-hybridized carbons (Fsp3) is 0.300. The van der Waals surface area contributed by atoms with Gasteiger partial charge in [-0.15, -0.1) is 0 Å². The molecule has 0 bridgehead atoms. The summed E-state index contributed by atoms with van der Waals surface area (Å²) in [6.07, 6.45) is 0.990. The van der Waals surface area contributed by atoms with Gasteiger partial charge in [-0.2, -0.15) is 0 Å². The van der Waals surface area contributed by atoms with Crippen molar-refractivity contribution >= 4 is 41.8 Å². The minimum Gasteiger partial charge on any atom is -0.478 e. The Morgan fingerprint density at radius 3 is 2.40 bits per heavy atom. The van der Waals surface area contributed by atoms with Crippen LogP contribution in [0.2, 0.25) is 0 Å². The van der Waals surface area contributed by atoms with Crippen LogP contribution in [0.5, 0.6) is 0 Å². The summed E-state index contributed by atoms with van der Waals surface area (Å²) in [7, 11) is -7.24. The number of sulfonamides is 1. The van der Waals surface area contributed by atoms with Crippen molar-refractivity contribution in [2.45, 2.75) is 4.90 Å². The van der Waals surface area contributed by atoms with E-state index in [9.17, 15) is 21.6 Å². The highest BCUT2D eigenvalue weighted by molar-refractivity contribution is 9.10. The van der Waals surface area contributed by atoms with Gasteiger partial charge in [0.1, 0.15) is 9.84 Å². The molecule has 0 spiro atoms. The SMILES string of the molecule is CS(=O)(=O)CCNS(=O)(=O)c1ccc(Br)c(C(=O)O)c1. The van der Waals surface area contributed by atoms with Gasteiger partial charge in [-0.05, 0) is 34.1 Å². The summed E-state index contributed by atoms with van der Waals surface area (Å²) in [5.74, 6) is -1.61. The molecule has 10 heteroatoms. The molecule has 0 atom stereocenters. The van der Waals surface area contributed by atoms with E-state index in [2.05, 4.69) is 20.7 Å². The number of carbonyl (C=O) groups is 1. The van der Waals surface area contributed by atoms with Gasteiger partial charge in [0.25, 0.3) is 0 Å². The molecule has 7 nitrogen and oxygen atoms in total. The average molecular weight is 386 g/mol. The van der Waals surface area contributed by atoms with E-state index in [-0.39, 0.29) is 27.2 Å². The summed E-state index contributed by atoms with van der Waals surface area (Å²) in [5, 5.41) is 8.91. The molecule has 0 radical (unpaired) electrons. The lowest BCUT2D eigenvalue weighted by Gasteiger charge is -2.07. The largest absolute Gasteiger partial charge is 0.478 e. The predicted octanol–water partition coefficient (Wildman–Crippen LogP) is 0.470. The van der Waals surface area contributed by atoms with Crippen LogP contribution in [-0.4, -0.2) is 46.5 Å². The van der Waals surface area contributed by atoms with Crippen LogP contribution in [0.4, 0.5) is 0 Å². The van der Waals surface area contributed by atoms with Crippen LogP contribution in [0.15, 0.2) is 27.6 Å². The molecule has 20 heavy (non-hydrogen) atoms. The molecule has 0 amide bonds. The van der Waals surface area contributed by atoms with Gasteiger partial charge in [0.2, 0.25) is 10.0 Å². The number of hydrogen-bond donors (Lipinski definition) is 2. The second-order valence-corrected chi connectivity index (χ2v) is 8.86. The second-order valence-electron chi connectivity index (χ2n) is 3.97. The second kappa shape index (κ2) is 6.20. The number of sulfone groups is 1. The van der Waals surface area contributed by atoms with E-state index < -0.39 is 25.8 Å². The quantitative estimate of drug-likeness (QED) is 0.734. The molecule has 0 heterocycles. The third kappa shape index (κ3) is 4.85. The highest BCUT2D eigenvalue weighted by Crippen LogP contribution is 2.20. The molecule has 0 saturated carbocycles. The summed E-state index contributed by atoms with van der Waals surface area (Å²) in [6, 6.07) is 3.52. The maximum atomic E-state index is 11.9. The maximum Gasteiger partial charge on any atom is 0.336 e. The topological polar surface area (TPSA) is 118 Å². The van der Waals surface area contributed by atoms with Crippen LogP contribution in [0, 0.1) is 0 Å². The Bertz CT molecular complexity index is 726. The molecule has 2 N–H and O–H groups in total. The Kier molecular flexibility index (Phi) is 5.30. The summed E-state index contributed by atoms with van der Waals surface area (Å²) >= 11 is 3.00. The molecule has 1 rings (SSSR count).